The van der Waals surface area contributed by atoms with Crippen LogP contribution in [0.3, 0.4) is 0 Å². The number of benzene rings is 2. The maximum Gasteiger partial charge on any atom is 0.371 e. The number of carboxylic acids is 1. The van der Waals surface area contributed by atoms with Crippen LogP contribution in [0.15, 0.2) is 41.5 Å². The van der Waals surface area contributed by atoms with Gasteiger partial charge in [0.25, 0.3) is 5.91 Å². The van der Waals surface area contributed by atoms with E-state index in [1.54, 1.807) is 12.5 Å². The molecule has 1 fully saturated rings. The van der Waals surface area contributed by atoms with Gasteiger partial charge in [0.15, 0.2) is 5.13 Å². The minimum atomic E-state index is -1.49. The number of halogens is 2. The van der Waals surface area contributed by atoms with Gasteiger partial charge in [0.05, 0.1) is 19.9 Å². The van der Waals surface area contributed by atoms with Crippen molar-refractivity contribution in [1.82, 2.24) is 4.98 Å². The number of carbonyl (C=O) groups is 2. The Morgan fingerprint density at radius 3 is 2.58 bits per heavy atom. The Morgan fingerprint density at radius 2 is 1.95 bits per heavy atom. The first kappa shape index (κ1) is 29.2. The van der Waals surface area contributed by atoms with Crippen molar-refractivity contribution in [2.24, 2.45) is 5.92 Å². The smallest absolute Gasteiger partial charge is 0.371 e. The first-order valence-corrected chi connectivity index (χ1v) is 13.7. The van der Waals surface area contributed by atoms with Gasteiger partial charge in [-0.05, 0) is 55.4 Å². The third-order valence-corrected chi connectivity index (χ3v) is 7.42. The van der Waals surface area contributed by atoms with Crippen LogP contribution < -0.4 is 10.1 Å². The third kappa shape index (κ3) is 7.02. The van der Waals surface area contributed by atoms with Crippen molar-refractivity contribution in [3.8, 4) is 17.0 Å². The highest BCUT2D eigenvalue weighted by Gasteiger charge is 2.20. The molecule has 3 aromatic rings. The van der Waals surface area contributed by atoms with E-state index >= 15 is 0 Å². The monoisotopic (exact) mass is 572 g/mol. The molecule has 1 heterocycles. The molecule has 0 bridgehead atoms. The minimum absolute atomic E-state index is 0.231. The second-order valence-electron chi connectivity index (χ2n) is 9.34. The number of carboxylic acid groups (broad SMARTS) is 1. The lowest BCUT2D eigenvalue weighted by Gasteiger charge is -2.24. The second-order valence-corrected chi connectivity index (χ2v) is 10.2. The average molecular weight is 573 g/mol. The van der Waals surface area contributed by atoms with Crippen molar-refractivity contribution >= 4 is 34.4 Å². The first-order valence-electron chi connectivity index (χ1n) is 12.8. The number of anilines is 1. The van der Waals surface area contributed by atoms with Gasteiger partial charge >= 0.3 is 5.97 Å². The largest absolute Gasteiger partial charge is 0.496 e. The Hall–Kier alpha value is -3.83. The molecule has 11 heteroatoms. The number of carbonyl (C=O) groups excluding carboxylic acids is 1. The maximum absolute atomic E-state index is 14.6. The number of rotatable bonds is 13. The number of para-hydroxylation sites is 1. The van der Waals surface area contributed by atoms with Crippen molar-refractivity contribution in [2.45, 2.75) is 32.1 Å². The SMILES string of the molecule is COC(=Cc1c(F)cc(C(=O)Nc2nc(-c3cccc(CCCOCC4CCC4)c3OC)cs2)cc1F)C(=O)O. The van der Waals surface area contributed by atoms with Crippen LogP contribution in [0.5, 0.6) is 5.75 Å². The number of aryl methyl sites for hydroxylation is 1. The van der Waals surface area contributed by atoms with Gasteiger partial charge in [-0.15, -0.1) is 11.3 Å². The summed E-state index contributed by atoms with van der Waals surface area (Å²) in [5.74, 6) is -3.75. The summed E-state index contributed by atoms with van der Waals surface area (Å²) >= 11 is 1.16. The van der Waals surface area contributed by atoms with Gasteiger partial charge in [-0.3, -0.25) is 10.1 Å². The van der Waals surface area contributed by atoms with E-state index in [-0.39, 0.29) is 10.7 Å². The third-order valence-electron chi connectivity index (χ3n) is 6.66. The van der Waals surface area contributed by atoms with Crippen LogP contribution in [0, 0.1) is 17.6 Å². The quantitative estimate of drug-likeness (QED) is 0.143. The highest BCUT2D eigenvalue weighted by atomic mass is 32.1. The van der Waals surface area contributed by atoms with E-state index in [9.17, 15) is 18.4 Å². The molecule has 0 spiro atoms. The summed E-state index contributed by atoms with van der Waals surface area (Å²) in [6, 6.07) is 7.42. The van der Waals surface area contributed by atoms with E-state index < -0.39 is 34.8 Å². The molecule has 1 saturated carbocycles. The lowest BCUT2D eigenvalue weighted by Crippen LogP contribution is -2.17. The molecular formula is C29H30F2N2O6S. The molecule has 0 saturated heterocycles. The molecule has 8 nitrogen and oxygen atoms in total. The van der Waals surface area contributed by atoms with Gasteiger partial charge in [0, 0.05) is 41.4 Å². The van der Waals surface area contributed by atoms with Gasteiger partial charge < -0.3 is 19.3 Å². The number of aromatic nitrogens is 1. The number of ether oxygens (including phenoxy) is 3. The number of nitrogens with zero attached hydrogens (tertiary/aromatic N) is 1. The van der Waals surface area contributed by atoms with Crippen LogP contribution in [0.4, 0.5) is 13.9 Å². The van der Waals surface area contributed by atoms with Crippen molar-refractivity contribution in [3.63, 3.8) is 0 Å². The molecule has 2 N–H and O–H groups in total. The van der Waals surface area contributed by atoms with E-state index in [0.29, 0.717) is 30.0 Å². The standard InChI is InChI=1S/C29H30F2N2O6S/c1-37-25(28(35)36)14-21-22(30)12-19(13-23(21)31)27(34)33-29-32-24(16-40-29)20-10-4-8-18(26(20)38-2)9-5-11-39-15-17-6-3-7-17/h4,8,10,12-14,16-17H,3,5-7,9,11,15H2,1-2H3,(H,35,36)(H,32,33,34). The number of thiazole rings is 1. The molecule has 212 valence electrons. The summed E-state index contributed by atoms with van der Waals surface area (Å²) in [5.41, 5.74) is 1.43. The summed E-state index contributed by atoms with van der Waals surface area (Å²) in [4.78, 5) is 28.3. The van der Waals surface area contributed by atoms with E-state index in [4.69, 9.17) is 14.6 Å². The number of amides is 1. The van der Waals surface area contributed by atoms with Crippen LogP contribution in [0.25, 0.3) is 17.3 Å². The van der Waals surface area contributed by atoms with E-state index in [1.807, 2.05) is 18.2 Å². The predicted octanol–water partition coefficient (Wildman–Crippen LogP) is 6.17. The van der Waals surface area contributed by atoms with Gasteiger partial charge in [-0.25, -0.2) is 18.6 Å². The Labute approximate surface area is 234 Å². The molecule has 1 aromatic heterocycles. The Morgan fingerprint density at radius 1 is 1.20 bits per heavy atom. The molecule has 0 unspecified atom stereocenters. The average Bonchev–Trinajstić information content (AvgIpc) is 3.36. The number of hydrogen-bond acceptors (Lipinski definition) is 7. The molecule has 1 amide bonds. The summed E-state index contributed by atoms with van der Waals surface area (Å²) in [5, 5.41) is 13.6. The fourth-order valence-corrected chi connectivity index (χ4v) is 5.02. The van der Waals surface area contributed by atoms with Crippen molar-refractivity contribution < 1.29 is 37.7 Å². The minimum Gasteiger partial charge on any atom is -0.496 e. The predicted molar refractivity (Wildman–Crippen MR) is 148 cm³/mol. The van der Waals surface area contributed by atoms with Crippen LogP contribution in [0.2, 0.25) is 0 Å². The number of aliphatic carboxylic acids is 1. The second kappa shape index (κ2) is 13.5. The molecule has 0 aliphatic heterocycles. The van der Waals surface area contributed by atoms with Crippen LogP contribution in [0.1, 0.15) is 47.2 Å². The van der Waals surface area contributed by atoms with Gasteiger partial charge in [0.2, 0.25) is 5.76 Å². The lowest BCUT2D eigenvalue weighted by atomic mass is 9.86. The van der Waals surface area contributed by atoms with Crippen molar-refractivity contribution in [1.29, 1.82) is 0 Å². The summed E-state index contributed by atoms with van der Waals surface area (Å²) < 4.78 is 45.2. The Bertz CT molecular complexity index is 1380. The van der Waals surface area contributed by atoms with Gasteiger partial charge in [-0.1, -0.05) is 18.6 Å². The number of nitrogens with one attached hydrogen (secondary N) is 1. The molecule has 0 atom stereocenters. The zero-order chi connectivity index (χ0) is 28.6. The van der Waals surface area contributed by atoms with Crippen LogP contribution in [-0.4, -0.2) is 49.4 Å². The summed E-state index contributed by atoms with van der Waals surface area (Å²) in [7, 11) is 2.66. The Balaban J connectivity index is 1.43. The van der Waals surface area contributed by atoms with E-state index in [0.717, 1.165) is 61.2 Å². The fraction of sp³-hybridized carbons (Fsp3) is 0.345. The summed E-state index contributed by atoms with van der Waals surface area (Å²) in [6.45, 7) is 1.51. The van der Waals surface area contributed by atoms with Gasteiger partial charge in [0.1, 0.15) is 17.4 Å². The zero-order valence-electron chi connectivity index (χ0n) is 22.2. The molecule has 40 heavy (non-hydrogen) atoms. The highest BCUT2D eigenvalue weighted by Crippen LogP contribution is 2.35. The van der Waals surface area contributed by atoms with E-state index in [1.165, 1.54) is 19.3 Å². The van der Waals surface area contributed by atoms with Crippen LogP contribution in [-0.2, 0) is 20.7 Å². The fourth-order valence-electron chi connectivity index (χ4n) is 4.32. The van der Waals surface area contributed by atoms with Crippen molar-refractivity contribution in [2.75, 3.05) is 32.8 Å². The molecule has 4 rings (SSSR count). The molecule has 2 aromatic carbocycles. The van der Waals surface area contributed by atoms with E-state index in [2.05, 4.69) is 15.0 Å². The topological polar surface area (TPSA) is 107 Å². The Kier molecular flexibility index (Phi) is 9.84. The first-order chi connectivity index (χ1) is 19.3. The number of hydrogen-bond donors (Lipinski definition) is 2. The highest BCUT2D eigenvalue weighted by molar-refractivity contribution is 7.14. The maximum atomic E-state index is 14.6. The normalized spacial score (nSPS) is 13.6. The summed E-state index contributed by atoms with van der Waals surface area (Å²) in [6.07, 6.45) is 6.16. The lowest BCUT2D eigenvalue weighted by molar-refractivity contribution is -0.135. The molecular weight excluding hydrogens is 542 g/mol. The van der Waals surface area contributed by atoms with Crippen LogP contribution >= 0.6 is 11.3 Å². The molecule has 0 radical (unpaired) electrons. The van der Waals surface area contributed by atoms with Crippen molar-refractivity contribution in [3.05, 3.63) is 69.8 Å². The molecule has 1 aliphatic carbocycles. The van der Waals surface area contributed by atoms with Gasteiger partial charge in [-0.2, -0.15) is 0 Å². The zero-order valence-corrected chi connectivity index (χ0v) is 23.0. The molecule has 1 aliphatic rings. The number of methoxy groups -OCH3 is 2.